The Morgan fingerprint density at radius 2 is 1.59 bits per heavy atom. The zero-order chi connectivity index (χ0) is 18.5. The maximum atomic E-state index is 12.4. The number of fused-ring (bicyclic) bond motifs is 1. The van der Waals surface area contributed by atoms with E-state index in [-0.39, 0.29) is 5.91 Å². The first kappa shape index (κ1) is 17.7. The lowest BCUT2D eigenvalue weighted by Gasteiger charge is -2.23. The van der Waals surface area contributed by atoms with Crippen molar-refractivity contribution in [2.75, 3.05) is 23.8 Å². The molecule has 0 radical (unpaired) electrons. The number of anilines is 2. The van der Waals surface area contributed by atoms with Crippen molar-refractivity contribution in [1.82, 2.24) is 0 Å². The van der Waals surface area contributed by atoms with Crippen molar-refractivity contribution in [1.29, 1.82) is 0 Å². The van der Waals surface area contributed by atoms with Crippen LogP contribution in [0.2, 0.25) is 0 Å². The summed E-state index contributed by atoms with van der Waals surface area (Å²) in [6.07, 6.45) is 6.77. The Hall–Kier alpha value is -2.69. The predicted molar refractivity (Wildman–Crippen MR) is 107 cm³/mol. The van der Waals surface area contributed by atoms with E-state index in [1.54, 1.807) is 0 Å². The van der Waals surface area contributed by atoms with Gasteiger partial charge in [-0.25, -0.2) is 0 Å². The minimum absolute atomic E-state index is 0.0420. The van der Waals surface area contributed by atoms with Gasteiger partial charge in [-0.2, -0.15) is 0 Å². The summed E-state index contributed by atoms with van der Waals surface area (Å²) in [5, 5.41) is 6.55. The SMILES string of the molecule is O=C(Cc1ccc2c(c1)OCCO2)Nc1ccc(NC2CCCCC2)cc1. The molecule has 1 heterocycles. The normalized spacial score (nSPS) is 16.6. The highest BCUT2D eigenvalue weighted by molar-refractivity contribution is 5.92. The van der Waals surface area contributed by atoms with Gasteiger partial charge < -0.3 is 20.1 Å². The number of hydrogen-bond donors (Lipinski definition) is 2. The zero-order valence-corrected chi connectivity index (χ0v) is 15.5. The molecule has 1 saturated carbocycles. The largest absolute Gasteiger partial charge is 0.486 e. The maximum Gasteiger partial charge on any atom is 0.228 e. The molecule has 5 heteroatoms. The molecule has 1 amide bonds. The van der Waals surface area contributed by atoms with E-state index in [1.165, 1.54) is 32.1 Å². The number of carbonyl (C=O) groups is 1. The van der Waals surface area contributed by atoms with Crippen molar-refractivity contribution in [3.05, 3.63) is 48.0 Å². The van der Waals surface area contributed by atoms with E-state index in [2.05, 4.69) is 10.6 Å². The van der Waals surface area contributed by atoms with Gasteiger partial charge in [0, 0.05) is 17.4 Å². The van der Waals surface area contributed by atoms with Crippen molar-refractivity contribution >= 4 is 17.3 Å². The third-order valence-electron chi connectivity index (χ3n) is 5.12. The second-order valence-corrected chi connectivity index (χ2v) is 7.26. The van der Waals surface area contributed by atoms with Crippen LogP contribution in [0.15, 0.2) is 42.5 Å². The summed E-state index contributed by atoms with van der Waals surface area (Å²) < 4.78 is 11.1. The Bertz CT molecular complexity index is 783. The number of carbonyl (C=O) groups excluding carboxylic acids is 1. The second kappa shape index (κ2) is 8.33. The van der Waals surface area contributed by atoms with Crippen LogP contribution in [0, 0.1) is 0 Å². The third-order valence-corrected chi connectivity index (χ3v) is 5.12. The molecule has 0 atom stereocenters. The average Bonchev–Trinajstić information content (AvgIpc) is 2.70. The highest BCUT2D eigenvalue weighted by atomic mass is 16.6. The maximum absolute atomic E-state index is 12.4. The Morgan fingerprint density at radius 1 is 0.889 bits per heavy atom. The number of rotatable bonds is 5. The third kappa shape index (κ3) is 4.73. The van der Waals surface area contributed by atoms with Crippen molar-refractivity contribution in [2.24, 2.45) is 0 Å². The van der Waals surface area contributed by atoms with Gasteiger partial charge in [0.05, 0.1) is 6.42 Å². The molecule has 2 aromatic rings. The fraction of sp³-hybridized carbons (Fsp3) is 0.409. The van der Waals surface area contributed by atoms with Gasteiger partial charge in [-0.1, -0.05) is 25.3 Å². The molecule has 0 spiro atoms. The molecule has 0 unspecified atom stereocenters. The van der Waals surface area contributed by atoms with E-state index in [1.807, 2.05) is 42.5 Å². The summed E-state index contributed by atoms with van der Waals surface area (Å²) in [5.74, 6) is 1.41. The average molecular weight is 366 g/mol. The van der Waals surface area contributed by atoms with E-state index < -0.39 is 0 Å². The summed E-state index contributed by atoms with van der Waals surface area (Å²) in [6, 6.07) is 14.2. The molecular formula is C22H26N2O3. The first-order valence-corrected chi connectivity index (χ1v) is 9.81. The highest BCUT2D eigenvalue weighted by Crippen LogP contribution is 2.31. The fourth-order valence-corrected chi connectivity index (χ4v) is 3.72. The van der Waals surface area contributed by atoms with Gasteiger partial charge in [0.2, 0.25) is 5.91 Å². The Balaban J connectivity index is 1.31. The summed E-state index contributed by atoms with van der Waals surface area (Å²) in [6.45, 7) is 1.11. The number of ether oxygens (including phenoxy) is 2. The van der Waals surface area contributed by atoms with Crippen LogP contribution in [-0.4, -0.2) is 25.2 Å². The van der Waals surface area contributed by atoms with Crippen LogP contribution in [0.4, 0.5) is 11.4 Å². The van der Waals surface area contributed by atoms with Gasteiger partial charge in [-0.3, -0.25) is 4.79 Å². The molecular weight excluding hydrogens is 340 g/mol. The van der Waals surface area contributed by atoms with Crippen LogP contribution in [0.3, 0.4) is 0 Å². The van der Waals surface area contributed by atoms with Crippen molar-refractivity contribution < 1.29 is 14.3 Å². The first-order valence-electron chi connectivity index (χ1n) is 9.81. The van der Waals surface area contributed by atoms with Gasteiger partial charge in [0.15, 0.2) is 11.5 Å². The Labute approximate surface area is 160 Å². The van der Waals surface area contributed by atoms with Crippen LogP contribution in [0.5, 0.6) is 11.5 Å². The molecule has 0 saturated heterocycles. The lowest BCUT2D eigenvalue weighted by Crippen LogP contribution is -2.22. The molecule has 1 aliphatic carbocycles. The molecule has 1 fully saturated rings. The smallest absolute Gasteiger partial charge is 0.228 e. The van der Waals surface area contributed by atoms with Gasteiger partial charge in [0.25, 0.3) is 0 Å². The van der Waals surface area contributed by atoms with Crippen LogP contribution < -0.4 is 20.1 Å². The molecule has 0 bridgehead atoms. The minimum atomic E-state index is -0.0420. The van der Waals surface area contributed by atoms with E-state index in [0.717, 1.165) is 22.7 Å². The van der Waals surface area contributed by atoms with Crippen LogP contribution in [-0.2, 0) is 11.2 Å². The van der Waals surface area contributed by atoms with Gasteiger partial charge >= 0.3 is 0 Å². The molecule has 2 aromatic carbocycles. The van der Waals surface area contributed by atoms with E-state index in [0.29, 0.717) is 31.4 Å². The van der Waals surface area contributed by atoms with Crippen molar-refractivity contribution in [2.45, 2.75) is 44.6 Å². The van der Waals surface area contributed by atoms with E-state index in [9.17, 15) is 4.79 Å². The molecule has 142 valence electrons. The van der Waals surface area contributed by atoms with E-state index in [4.69, 9.17) is 9.47 Å². The topological polar surface area (TPSA) is 59.6 Å². The number of amides is 1. The van der Waals surface area contributed by atoms with Crippen molar-refractivity contribution in [3.8, 4) is 11.5 Å². The predicted octanol–water partition coefficient (Wildman–Crippen LogP) is 4.38. The number of benzene rings is 2. The summed E-state index contributed by atoms with van der Waals surface area (Å²) in [5.41, 5.74) is 2.84. The van der Waals surface area contributed by atoms with Gasteiger partial charge in [-0.05, 0) is 54.8 Å². The number of nitrogens with one attached hydrogen (secondary N) is 2. The van der Waals surface area contributed by atoms with E-state index >= 15 is 0 Å². The zero-order valence-electron chi connectivity index (χ0n) is 15.5. The lowest BCUT2D eigenvalue weighted by molar-refractivity contribution is -0.115. The van der Waals surface area contributed by atoms with Gasteiger partial charge in [0.1, 0.15) is 13.2 Å². The molecule has 27 heavy (non-hydrogen) atoms. The van der Waals surface area contributed by atoms with Crippen molar-refractivity contribution in [3.63, 3.8) is 0 Å². The molecule has 4 rings (SSSR count). The van der Waals surface area contributed by atoms with Crippen LogP contribution >= 0.6 is 0 Å². The molecule has 0 aromatic heterocycles. The minimum Gasteiger partial charge on any atom is -0.486 e. The van der Waals surface area contributed by atoms with Gasteiger partial charge in [-0.15, -0.1) is 0 Å². The summed E-state index contributed by atoms with van der Waals surface area (Å²) in [7, 11) is 0. The summed E-state index contributed by atoms with van der Waals surface area (Å²) in [4.78, 5) is 12.4. The summed E-state index contributed by atoms with van der Waals surface area (Å²) >= 11 is 0. The first-order chi connectivity index (χ1) is 13.3. The molecule has 5 nitrogen and oxygen atoms in total. The Morgan fingerprint density at radius 3 is 2.37 bits per heavy atom. The molecule has 1 aliphatic heterocycles. The standard InChI is InChI=1S/C22H26N2O3/c25-22(15-16-6-11-20-21(14-16)27-13-12-26-20)24-19-9-7-18(8-10-19)23-17-4-2-1-3-5-17/h6-11,14,17,23H,1-5,12-13,15H2,(H,24,25). The molecule has 2 N–H and O–H groups in total. The van der Waals surface area contributed by atoms with Crippen LogP contribution in [0.25, 0.3) is 0 Å². The number of hydrogen-bond acceptors (Lipinski definition) is 4. The second-order valence-electron chi connectivity index (χ2n) is 7.26. The lowest BCUT2D eigenvalue weighted by atomic mass is 9.95. The van der Waals surface area contributed by atoms with Crippen LogP contribution in [0.1, 0.15) is 37.7 Å². The molecule has 2 aliphatic rings. The quantitative estimate of drug-likeness (QED) is 0.824. The highest BCUT2D eigenvalue weighted by Gasteiger charge is 2.14. The Kier molecular flexibility index (Phi) is 5.47. The fourth-order valence-electron chi connectivity index (χ4n) is 3.72. The monoisotopic (exact) mass is 366 g/mol.